The molecule has 0 bridgehead atoms. The zero-order valence-corrected chi connectivity index (χ0v) is 12.7. The van der Waals surface area contributed by atoms with E-state index < -0.39 is 0 Å². The first-order valence-corrected chi connectivity index (χ1v) is 8.05. The molecule has 0 radical (unpaired) electrons. The maximum absolute atomic E-state index is 5.47. The number of benzene rings is 1. The third-order valence-corrected chi connectivity index (χ3v) is 4.48. The number of furan rings is 1. The van der Waals surface area contributed by atoms with Crippen molar-refractivity contribution in [3.05, 3.63) is 54.2 Å². The van der Waals surface area contributed by atoms with Crippen molar-refractivity contribution >= 4 is 11.0 Å². The predicted molar refractivity (Wildman–Crippen MR) is 86.5 cm³/mol. The van der Waals surface area contributed by atoms with Gasteiger partial charge in [-0.25, -0.2) is 4.98 Å². The highest BCUT2D eigenvalue weighted by Gasteiger charge is 2.21. The van der Waals surface area contributed by atoms with Crippen LogP contribution in [0.25, 0.3) is 11.0 Å². The first-order chi connectivity index (χ1) is 10.9. The highest BCUT2D eigenvalue weighted by molar-refractivity contribution is 5.74. The number of hydrogen-bond donors (Lipinski definition) is 1. The molecule has 1 atom stereocenters. The van der Waals surface area contributed by atoms with E-state index in [1.54, 1.807) is 6.26 Å². The number of H-pyrrole nitrogens is 1. The van der Waals surface area contributed by atoms with Gasteiger partial charge in [-0.15, -0.1) is 0 Å². The maximum atomic E-state index is 5.47. The Labute approximate surface area is 130 Å². The molecule has 1 fully saturated rings. The third kappa shape index (κ3) is 2.92. The second-order valence-electron chi connectivity index (χ2n) is 6.23. The van der Waals surface area contributed by atoms with Gasteiger partial charge in [0.15, 0.2) is 0 Å². The van der Waals surface area contributed by atoms with E-state index in [1.165, 1.54) is 12.8 Å². The van der Waals surface area contributed by atoms with E-state index in [1.807, 2.05) is 12.1 Å². The highest BCUT2D eigenvalue weighted by Crippen LogP contribution is 2.22. The zero-order valence-electron chi connectivity index (χ0n) is 12.7. The lowest BCUT2D eigenvalue weighted by Gasteiger charge is -2.31. The molecule has 114 valence electrons. The van der Waals surface area contributed by atoms with Gasteiger partial charge in [0.05, 0.1) is 23.8 Å². The van der Waals surface area contributed by atoms with E-state index in [0.717, 1.165) is 48.7 Å². The lowest BCUT2D eigenvalue weighted by molar-refractivity contribution is 0.156. The van der Waals surface area contributed by atoms with Crippen LogP contribution < -0.4 is 0 Å². The van der Waals surface area contributed by atoms with Gasteiger partial charge < -0.3 is 9.40 Å². The van der Waals surface area contributed by atoms with Crippen molar-refractivity contribution in [2.75, 3.05) is 13.1 Å². The minimum Gasteiger partial charge on any atom is -0.468 e. The van der Waals surface area contributed by atoms with Gasteiger partial charge in [-0.2, -0.15) is 0 Å². The number of aromatic amines is 1. The van der Waals surface area contributed by atoms with Gasteiger partial charge in [0.1, 0.15) is 11.6 Å². The molecule has 1 aromatic carbocycles. The van der Waals surface area contributed by atoms with Crippen molar-refractivity contribution in [3.63, 3.8) is 0 Å². The summed E-state index contributed by atoms with van der Waals surface area (Å²) >= 11 is 0. The Kier molecular flexibility index (Phi) is 3.69. The van der Waals surface area contributed by atoms with E-state index in [0.29, 0.717) is 5.92 Å². The van der Waals surface area contributed by atoms with Crippen molar-refractivity contribution in [3.8, 4) is 0 Å². The van der Waals surface area contributed by atoms with Crippen LogP contribution in [0.1, 0.15) is 24.4 Å². The first-order valence-electron chi connectivity index (χ1n) is 8.05. The van der Waals surface area contributed by atoms with Gasteiger partial charge in [-0.1, -0.05) is 12.1 Å². The minimum absolute atomic E-state index is 0.671. The number of likely N-dealkylation sites (tertiary alicyclic amines) is 1. The summed E-state index contributed by atoms with van der Waals surface area (Å²) in [6.45, 7) is 3.21. The summed E-state index contributed by atoms with van der Waals surface area (Å²) in [5.41, 5.74) is 2.21. The number of para-hydroxylation sites is 2. The molecular weight excluding hydrogens is 274 g/mol. The van der Waals surface area contributed by atoms with Gasteiger partial charge in [0, 0.05) is 13.0 Å². The summed E-state index contributed by atoms with van der Waals surface area (Å²) in [5, 5.41) is 0. The van der Waals surface area contributed by atoms with Crippen molar-refractivity contribution < 1.29 is 4.42 Å². The molecule has 0 amide bonds. The smallest absolute Gasteiger partial charge is 0.117 e. The summed E-state index contributed by atoms with van der Waals surface area (Å²) in [4.78, 5) is 10.7. The fourth-order valence-corrected chi connectivity index (χ4v) is 3.46. The van der Waals surface area contributed by atoms with E-state index in [4.69, 9.17) is 9.40 Å². The molecule has 0 spiro atoms. The number of fused-ring (bicyclic) bond motifs is 1. The Morgan fingerprint density at radius 1 is 1.23 bits per heavy atom. The van der Waals surface area contributed by atoms with Gasteiger partial charge in [-0.05, 0) is 49.6 Å². The van der Waals surface area contributed by atoms with E-state index in [9.17, 15) is 0 Å². The second-order valence-corrected chi connectivity index (χ2v) is 6.23. The molecule has 1 N–H and O–H groups in total. The molecule has 1 aliphatic rings. The Hall–Kier alpha value is -2.07. The molecule has 4 heteroatoms. The van der Waals surface area contributed by atoms with Crippen molar-refractivity contribution in [1.82, 2.24) is 14.9 Å². The van der Waals surface area contributed by atoms with Crippen molar-refractivity contribution in [2.24, 2.45) is 5.92 Å². The minimum atomic E-state index is 0.671. The summed E-state index contributed by atoms with van der Waals surface area (Å²) < 4.78 is 5.47. The molecule has 4 nitrogen and oxygen atoms in total. The van der Waals surface area contributed by atoms with Crippen LogP contribution in [0.3, 0.4) is 0 Å². The van der Waals surface area contributed by atoms with Crippen LogP contribution in [0.5, 0.6) is 0 Å². The second kappa shape index (κ2) is 5.97. The normalized spacial score (nSPS) is 19.7. The lowest BCUT2D eigenvalue weighted by Crippen LogP contribution is -2.35. The third-order valence-electron chi connectivity index (χ3n) is 4.48. The highest BCUT2D eigenvalue weighted by atomic mass is 16.3. The molecule has 1 aliphatic heterocycles. The standard InChI is InChI=1S/C18H21N3O/c1-2-8-17-16(7-1)19-18(20-17)11-14-5-3-9-21(12-14)13-15-6-4-10-22-15/h1-2,4,6-8,10,14H,3,5,9,11-13H2,(H,19,20)/t14-/m1/s1. The Morgan fingerprint density at radius 2 is 2.18 bits per heavy atom. The summed E-state index contributed by atoms with van der Waals surface area (Å²) in [6, 6.07) is 12.3. The molecule has 3 aromatic rings. The SMILES string of the molecule is c1coc(CN2CCC[C@H](Cc3nc4ccccc4[nH]3)C2)c1. The number of nitrogens with one attached hydrogen (secondary N) is 1. The molecule has 22 heavy (non-hydrogen) atoms. The lowest BCUT2D eigenvalue weighted by atomic mass is 9.94. The first kappa shape index (κ1) is 13.6. The van der Waals surface area contributed by atoms with Gasteiger partial charge in [0.2, 0.25) is 0 Å². The molecule has 2 aromatic heterocycles. The molecule has 0 aliphatic carbocycles. The Bertz CT molecular complexity index is 699. The fourth-order valence-electron chi connectivity index (χ4n) is 3.46. The van der Waals surface area contributed by atoms with Gasteiger partial charge in [0.25, 0.3) is 0 Å². The van der Waals surface area contributed by atoms with Crippen molar-refractivity contribution in [2.45, 2.75) is 25.8 Å². The number of rotatable bonds is 4. The molecule has 0 unspecified atom stereocenters. The largest absolute Gasteiger partial charge is 0.468 e. The predicted octanol–water partition coefficient (Wildman–Crippen LogP) is 3.61. The molecule has 4 rings (SSSR count). The van der Waals surface area contributed by atoms with Crippen LogP contribution >= 0.6 is 0 Å². The van der Waals surface area contributed by atoms with Crippen LogP contribution in [0.15, 0.2) is 47.1 Å². The maximum Gasteiger partial charge on any atom is 0.117 e. The Balaban J connectivity index is 1.41. The molecular formula is C18H21N3O. The number of piperidine rings is 1. The average molecular weight is 295 g/mol. The molecule has 1 saturated heterocycles. The Morgan fingerprint density at radius 3 is 3.05 bits per heavy atom. The van der Waals surface area contributed by atoms with Gasteiger partial charge >= 0.3 is 0 Å². The molecule has 0 saturated carbocycles. The topological polar surface area (TPSA) is 45.1 Å². The number of nitrogens with zero attached hydrogens (tertiary/aromatic N) is 2. The zero-order chi connectivity index (χ0) is 14.8. The van der Waals surface area contributed by atoms with Crippen LogP contribution in [-0.4, -0.2) is 28.0 Å². The van der Waals surface area contributed by atoms with Crippen LogP contribution in [0, 0.1) is 5.92 Å². The van der Waals surface area contributed by atoms with E-state index in [-0.39, 0.29) is 0 Å². The van der Waals surface area contributed by atoms with Crippen LogP contribution in [-0.2, 0) is 13.0 Å². The number of imidazole rings is 1. The summed E-state index contributed by atoms with van der Waals surface area (Å²) in [7, 11) is 0. The fraction of sp³-hybridized carbons (Fsp3) is 0.389. The van der Waals surface area contributed by atoms with Gasteiger partial charge in [-0.3, -0.25) is 4.90 Å². The van der Waals surface area contributed by atoms with Crippen LogP contribution in [0.4, 0.5) is 0 Å². The van der Waals surface area contributed by atoms with E-state index >= 15 is 0 Å². The monoisotopic (exact) mass is 295 g/mol. The summed E-state index contributed by atoms with van der Waals surface area (Å²) in [5.74, 6) is 2.85. The summed E-state index contributed by atoms with van der Waals surface area (Å²) in [6.07, 6.45) is 5.33. The number of hydrogen-bond acceptors (Lipinski definition) is 3. The van der Waals surface area contributed by atoms with Crippen molar-refractivity contribution in [1.29, 1.82) is 0 Å². The van der Waals surface area contributed by atoms with Crippen LogP contribution in [0.2, 0.25) is 0 Å². The average Bonchev–Trinajstić information content (AvgIpc) is 3.16. The molecule has 3 heterocycles. The number of aromatic nitrogens is 2. The quantitative estimate of drug-likeness (QED) is 0.799. The van der Waals surface area contributed by atoms with E-state index in [2.05, 4.69) is 34.1 Å².